The Morgan fingerprint density at radius 2 is 1.82 bits per heavy atom. The molecule has 2 fully saturated rings. The number of likely N-dealkylation sites (tertiary alicyclic amines) is 1. The summed E-state index contributed by atoms with van der Waals surface area (Å²) >= 11 is 7.51. The zero-order valence-corrected chi connectivity index (χ0v) is 23.0. The third-order valence-corrected chi connectivity index (χ3v) is 9.12. The average Bonchev–Trinajstić information content (AvgIpc) is 3.32. The largest absolute Gasteiger partial charge is 0.493 e. The summed E-state index contributed by atoms with van der Waals surface area (Å²) in [4.78, 5) is 20.6. The number of hydrogen-bond acceptors (Lipinski definition) is 6. The number of benzene rings is 2. The van der Waals surface area contributed by atoms with Gasteiger partial charge in [-0.25, -0.2) is 4.98 Å². The number of nitrogens with zero attached hydrogens (tertiary/aromatic N) is 3. The summed E-state index contributed by atoms with van der Waals surface area (Å²) in [5, 5.41) is 10.3. The number of anilines is 1. The standard InChI is InChI=1S/C28H31ClF3N3O3S/c29-21-14-19(16-25(36)37)15-22(18-21)38-13-8-27(35-9-2-1-3-10-35)6-11-34(12-7-27)26-33-23-5-4-20(28(30,31)32)17-24(23)39-26/h4-5,14-15,17-18H,1-3,6-13,16H2,(H,36,37). The van der Waals surface area contributed by atoms with Crippen molar-refractivity contribution in [2.24, 2.45) is 0 Å². The van der Waals surface area contributed by atoms with Gasteiger partial charge in [0.15, 0.2) is 5.13 Å². The molecule has 0 saturated carbocycles. The number of alkyl halides is 3. The van der Waals surface area contributed by atoms with Crippen molar-refractivity contribution in [1.29, 1.82) is 0 Å². The first kappa shape index (κ1) is 28.0. The van der Waals surface area contributed by atoms with Crippen molar-refractivity contribution in [3.63, 3.8) is 0 Å². The van der Waals surface area contributed by atoms with Crippen LogP contribution in [0.5, 0.6) is 5.75 Å². The number of aromatic nitrogens is 1. The minimum Gasteiger partial charge on any atom is -0.493 e. The van der Waals surface area contributed by atoms with E-state index in [4.69, 9.17) is 21.4 Å². The molecule has 0 aliphatic carbocycles. The molecule has 6 nitrogen and oxygen atoms in total. The molecule has 0 amide bonds. The van der Waals surface area contributed by atoms with E-state index >= 15 is 0 Å². The number of hydrogen-bond donors (Lipinski definition) is 1. The Hall–Kier alpha value is -2.56. The lowest BCUT2D eigenvalue weighted by Gasteiger charge is -2.50. The Balaban J connectivity index is 1.28. The Kier molecular flexibility index (Phi) is 8.26. The normalized spacial score (nSPS) is 18.4. The lowest BCUT2D eigenvalue weighted by Crippen LogP contribution is -2.57. The molecule has 0 radical (unpaired) electrons. The van der Waals surface area contributed by atoms with Crippen LogP contribution in [0.25, 0.3) is 10.2 Å². The van der Waals surface area contributed by atoms with E-state index in [-0.39, 0.29) is 12.0 Å². The van der Waals surface area contributed by atoms with Gasteiger partial charge in [-0.15, -0.1) is 0 Å². The van der Waals surface area contributed by atoms with Gasteiger partial charge in [-0.2, -0.15) is 13.2 Å². The van der Waals surface area contributed by atoms with Crippen molar-refractivity contribution >= 4 is 44.3 Å². The summed E-state index contributed by atoms with van der Waals surface area (Å²) in [6.07, 6.45) is 1.69. The highest BCUT2D eigenvalue weighted by atomic mass is 35.5. The topological polar surface area (TPSA) is 65.9 Å². The van der Waals surface area contributed by atoms with E-state index in [0.717, 1.165) is 56.6 Å². The highest BCUT2D eigenvalue weighted by Gasteiger charge is 2.40. The van der Waals surface area contributed by atoms with Crippen molar-refractivity contribution in [2.45, 2.75) is 56.7 Å². The molecule has 0 unspecified atom stereocenters. The molecule has 2 aliphatic rings. The molecule has 1 aromatic heterocycles. The molecular formula is C28H31ClF3N3O3S. The smallest absolute Gasteiger partial charge is 0.416 e. The minimum atomic E-state index is -4.37. The predicted octanol–water partition coefficient (Wildman–Crippen LogP) is 6.89. The first-order valence-corrected chi connectivity index (χ1v) is 14.4. The van der Waals surface area contributed by atoms with Crippen LogP contribution in [0.1, 0.15) is 49.7 Å². The third kappa shape index (κ3) is 6.61. The molecule has 11 heteroatoms. The summed E-state index contributed by atoms with van der Waals surface area (Å²) in [5.41, 5.74) is 0.498. The number of thiazole rings is 1. The molecule has 2 aromatic carbocycles. The highest BCUT2D eigenvalue weighted by Crippen LogP contribution is 2.39. The van der Waals surface area contributed by atoms with Gasteiger partial charge in [0.1, 0.15) is 5.75 Å². The molecule has 2 aliphatic heterocycles. The first-order chi connectivity index (χ1) is 18.6. The van der Waals surface area contributed by atoms with Crippen LogP contribution >= 0.6 is 22.9 Å². The molecule has 0 spiro atoms. The quantitative estimate of drug-likeness (QED) is 0.312. The van der Waals surface area contributed by atoms with Gasteiger partial charge in [0.05, 0.1) is 28.8 Å². The van der Waals surface area contributed by atoms with Crippen molar-refractivity contribution in [2.75, 3.05) is 37.7 Å². The lowest BCUT2D eigenvalue weighted by atomic mass is 9.81. The second-order valence-corrected chi connectivity index (χ2v) is 11.8. The highest BCUT2D eigenvalue weighted by molar-refractivity contribution is 7.22. The summed E-state index contributed by atoms with van der Waals surface area (Å²) in [7, 11) is 0. The molecule has 3 heterocycles. The minimum absolute atomic E-state index is 0.0421. The summed E-state index contributed by atoms with van der Waals surface area (Å²) < 4.78 is 46.1. The van der Waals surface area contributed by atoms with E-state index in [1.807, 2.05) is 0 Å². The monoisotopic (exact) mass is 581 g/mol. The van der Waals surface area contributed by atoms with Crippen LogP contribution in [0.15, 0.2) is 36.4 Å². The van der Waals surface area contributed by atoms with Crippen LogP contribution in [-0.2, 0) is 17.4 Å². The number of fused-ring (bicyclic) bond motifs is 1. The number of piperidine rings is 2. The molecule has 0 bridgehead atoms. The Bertz CT molecular complexity index is 1320. The number of ether oxygens (including phenoxy) is 1. The van der Waals surface area contributed by atoms with E-state index in [2.05, 4.69) is 14.8 Å². The fourth-order valence-corrected chi connectivity index (χ4v) is 7.07. The van der Waals surface area contributed by atoms with E-state index in [9.17, 15) is 18.0 Å². The van der Waals surface area contributed by atoms with Gasteiger partial charge in [0, 0.05) is 23.7 Å². The molecule has 39 heavy (non-hydrogen) atoms. The second-order valence-electron chi connectivity index (χ2n) is 10.4. The summed E-state index contributed by atoms with van der Waals surface area (Å²) in [6.45, 7) is 4.10. The number of rotatable bonds is 8. The molecule has 210 valence electrons. The van der Waals surface area contributed by atoms with Gasteiger partial charge in [-0.1, -0.05) is 29.4 Å². The molecule has 5 rings (SSSR count). The third-order valence-electron chi connectivity index (χ3n) is 7.82. The van der Waals surface area contributed by atoms with E-state index in [1.165, 1.54) is 42.7 Å². The van der Waals surface area contributed by atoms with E-state index in [1.54, 1.807) is 18.2 Å². The van der Waals surface area contributed by atoms with Gasteiger partial charge in [-0.05, 0) is 87.2 Å². The van der Waals surface area contributed by atoms with Crippen molar-refractivity contribution in [3.8, 4) is 5.75 Å². The van der Waals surface area contributed by atoms with Crippen molar-refractivity contribution in [1.82, 2.24) is 9.88 Å². The van der Waals surface area contributed by atoms with Crippen LogP contribution in [0.2, 0.25) is 5.02 Å². The predicted molar refractivity (Wildman–Crippen MR) is 147 cm³/mol. The molecule has 3 aromatic rings. The SMILES string of the molecule is O=C(O)Cc1cc(Cl)cc(OCCC2(N3CCCCC3)CCN(c3nc4ccc(C(F)(F)F)cc4s3)CC2)c1. The number of halogens is 4. The lowest BCUT2D eigenvalue weighted by molar-refractivity contribution is -0.138. The van der Waals surface area contributed by atoms with Crippen molar-refractivity contribution < 1.29 is 27.8 Å². The number of carbonyl (C=O) groups is 1. The Labute approximate surface area is 234 Å². The fourth-order valence-electron chi connectivity index (χ4n) is 5.77. The van der Waals surface area contributed by atoms with Crippen LogP contribution in [-0.4, -0.2) is 59.3 Å². The van der Waals surface area contributed by atoms with E-state index < -0.39 is 17.7 Å². The van der Waals surface area contributed by atoms with Gasteiger partial charge in [0.2, 0.25) is 0 Å². The van der Waals surface area contributed by atoms with Crippen LogP contribution in [0, 0.1) is 0 Å². The second kappa shape index (κ2) is 11.5. The number of aliphatic carboxylic acids is 1. The molecule has 2 saturated heterocycles. The van der Waals surface area contributed by atoms with Crippen molar-refractivity contribution in [3.05, 3.63) is 52.5 Å². The maximum atomic E-state index is 13.2. The van der Waals surface area contributed by atoms with Gasteiger partial charge in [-0.3, -0.25) is 9.69 Å². The van der Waals surface area contributed by atoms with Crippen LogP contribution in [0.3, 0.4) is 0 Å². The zero-order valence-electron chi connectivity index (χ0n) is 21.5. The van der Waals surface area contributed by atoms with Gasteiger partial charge < -0.3 is 14.7 Å². The average molecular weight is 582 g/mol. The Morgan fingerprint density at radius 1 is 1.08 bits per heavy atom. The first-order valence-electron chi connectivity index (χ1n) is 13.2. The number of carboxylic acids is 1. The molecule has 1 N–H and O–H groups in total. The number of carboxylic acid groups (broad SMARTS) is 1. The summed E-state index contributed by atoms with van der Waals surface area (Å²) in [5.74, 6) is -0.356. The van der Waals surface area contributed by atoms with E-state index in [0.29, 0.717) is 33.2 Å². The maximum absolute atomic E-state index is 13.2. The maximum Gasteiger partial charge on any atom is 0.416 e. The molecular weight excluding hydrogens is 551 g/mol. The summed E-state index contributed by atoms with van der Waals surface area (Å²) in [6, 6.07) is 8.81. The van der Waals surface area contributed by atoms with Gasteiger partial charge in [0.25, 0.3) is 0 Å². The fraction of sp³-hybridized carbons (Fsp3) is 0.500. The van der Waals surface area contributed by atoms with Crippen LogP contribution in [0.4, 0.5) is 18.3 Å². The zero-order chi connectivity index (χ0) is 27.6. The van der Waals surface area contributed by atoms with Gasteiger partial charge >= 0.3 is 12.1 Å². The van der Waals surface area contributed by atoms with Crippen LogP contribution < -0.4 is 9.64 Å². The molecule has 0 atom stereocenters. The Morgan fingerprint density at radius 3 is 2.51 bits per heavy atom.